The average molecular weight is 504 g/mol. The lowest BCUT2D eigenvalue weighted by molar-refractivity contribution is 0.0956. The van der Waals surface area contributed by atoms with Gasteiger partial charge in [-0.25, -0.2) is 4.98 Å². The number of amides is 1. The highest BCUT2D eigenvalue weighted by molar-refractivity contribution is 7.24. The van der Waals surface area contributed by atoms with Gasteiger partial charge >= 0.3 is 0 Å². The summed E-state index contributed by atoms with van der Waals surface area (Å²) in [5.41, 5.74) is 2.25. The molecule has 1 aliphatic heterocycles. The number of ether oxygens (including phenoxy) is 1. The van der Waals surface area contributed by atoms with Crippen molar-refractivity contribution in [2.24, 2.45) is 0 Å². The smallest absolute Gasteiger partial charge is 0.258 e. The number of nitrogens with one attached hydrogen (secondary N) is 3. The van der Waals surface area contributed by atoms with Crippen molar-refractivity contribution in [3.8, 4) is 0 Å². The molecule has 0 radical (unpaired) electrons. The fourth-order valence-corrected chi connectivity index (χ4v) is 5.69. The Kier molecular flexibility index (Phi) is 5.78. The van der Waals surface area contributed by atoms with Crippen molar-refractivity contribution in [2.75, 3.05) is 49.6 Å². The van der Waals surface area contributed by atoms with Crippen LogP contribution in [0.4, 0.5) is 11.6 Å². The largest absolute Gasteiger partial charge is 0.378 e. The number of anilines is 2. The van der Waals surface area contributed by atoms with Crippen LogP contribution in [-0.4, -0.2) is 64.9 Å². The first kappa shape index (κ1) is 22.5. The van der Waals surface area contributed by atoms with E-state index < -0.39 is 5.91 Å². The summed E-state index contributed by atoms with van der Waals surface area (Å²) in [5, 5.41) is 13.5. The molecule has 1 fully saturated rings. The third kappa shape index (κ3) is 3.95. The van der Waals surface area contributed by atoms with Crippen LogP contribution in [0, 0.1) is 6.92 Å². The molecule has 0 aliphatic carbocycles. The van der Waals surface area contributed by atoms with E-state index in [9.17, 15) is 9.59 Å². The lowest BCUT2D eigenvalue weighted by Gasteiger charge is -2.27. The molecule has 184 valence electrons. The monoisotopic (exact) mass is 503 g/mol. The van der Waals surface area contributed by atoms with Gasteiger partial charge in [-0.2, -0.15) is 5.10 Å². The maximum absolute atomic E-state index is 13.6. The molecule has 6 rings (SSSR count). The number of carbonyl (C=O) groups is 1. The normalized spacial score (nSPS) is 14.1. The molecule has 11 heteroatoms. The lowest BCUT2D eigenvalue weighted by Crippen LogP contribution is -2.37. The molecule has 1 amide bonds. The van der Waals surface area contributed by atoms with Crippen LogP contribution < -0.4 is 21.0 Å². The molecule has 5 aromatic rings. The zero-order valence-electron chi connectivity index (χ0n) is 19.7. The van der Waals surface area contributed by atoms with Crippen LogP contribution >= 0.6 is 11.3 Å². The van der Waals surface area contributed by atoms with Crippen molar-refractivity contribution < 1.29 is 9.53 Å². The predicted octanol–water partition coefficient (Wildman–Crippen LogP) is 2.77. The van der Waals surface area contributed by atoms with Gasteiger partial charge in [-0.3, -0.25) is 19.1 Å². The molecule has 1 saturated heterocycles. The molecule has 4 aromatic heterocycles. The average Bonchev–Trinajstić information content (AvgIpc) is 3.50. The van der Waals surface area contributed by atoms with E-state index in [-0.39, 0.29) is 11.0 Å². The van der Waals surface area contributed by atoms with Crippen LogP contribution in [0.15, 0.2) is 47.3 Å². The van der Waals surface area contributed by atoms with Gasteiger partial charge in [0.15, 0.2) is 5.65 Å². The maximum atomic E-state index is 13.6. The Morgan fingerprint density at radius 2 is 2.00 bits per heavy atom. The van der Waals surface area contributed by atoms with Crippen molar-refractivity contribution in [2.45, 2.75) is 6.92 Å². The summed E-state index contributed by atoms with van der Waals surface area (Å²) in [6.45, 7) is 5.51. The number of aromatic amines is 1. The maximum Gasteiger partial charge on any atom is 0.258 e. The summed E-state index contributed by atoms with van der Waals surface area (Å²) in [4.78, 5) is 34.6. The molecular weight excluding hydrogens is 478 g/mol. The fourth-order valence-electron chi connectivity index (χ4n) is 4.51. The second-order valence-corrected chi connectivity index (χ2v) is 9.70. The number of nitrogens with zero attached hydrogens (tertiary/aromatic N) is 4. The Hall–Kier alpha value is -3.96. The molecule has 3 N–H and O–H groups in total. The van der Waals surface area contributed by atoms with Crippen molar-refractivity contribution in [3.05, 3.63) is 63.9 Å². The SMILES string of the molecule is Cc1cc(NCCNC(=O)c2c(=O)c3ccc(N4CCOCC4)nc3n3c2sc2ccccc23)n[nH]1. The number of thiazole rings is 1. The first-order valence-electron chi connectivity index (χ1n) is 11.8. The minimum Gasteiger partial charge on any atom is -0.378 e. The minimum atomic E-state index is -0.400. The van der Waals surface area contributed by atoms with E-state index in [1.54, 1.807) is 6.07 Å². The second kappa shape index (κ2) is 9.25. The van der Waals surface area contributed by atoms with Crippen LogP contribution in [0.25, 0.3) is 26.1 Å². The molecule has 0 spiro atoms. The van der Waals surface area contributed by atoms with Crippen LogP contribution in [0.5, 0.6) is 0 Å². The zero-order chi connectivity index (χ0) is 24.6. The quantitative estimate of drug-likeness (QED) is 0.305. The number of pyridine rings is 2. The van der Waals surface area contributed by atoms with Gasteiger partial charge in [0.2, 0.25) is 5.43 Å². The number of benzene rings is 1. The molecule has 5 heterocycles. The Labute approximate surface area is 209 Å². The minimum absolute atomic E-state index is 0.139. The summed E-state index contributed by atoms with van der Waals surface area (Å²) >= 11 is 1.42. The van der Waals surface area contributed by atoms with Crippen LogP contribution in [0.3, 0.4) is 0 Å². The van der Waals surface area contributed by atoms with Gasteiger partial charge in [0.25, 0.3) is 5.91 Å². The van der Waals surface area contributed by atoms with Gasteiger partial charge in [-0.05, 0) is 31.2 Å². The molecule has 0 unspecified atom stereocenters. The molecule has 10 nitrogen and oxygen atoms in total. The lowest BCUT2D eigenvalue weighted by atomic mass is 10.1. The van der Waals surface area contributed by atoms with Crippen molar-refractivity contribution in [1.29, 1.82) is 0 Å². The standard InChI is InChI=1S/C25H25N7O3S/c1-15-14-19(30-29-15)26-8-9-27-24(34)21-22(33)16-6-7-20(31-10-12-35-13-11-31)28-23(16)32-17-4-2-3-5-18(17)36-25(21)32/h2-7,14H,8-13H2,1H3,(H,27,34)(H2,26,29,30). The highest BCUT2D eigenvalue weighted by Gasteiger charge is 2.23. The van der Waals surface area contributed by atoms with Gasteiger partial charge in [0.1, 0.15) is 22.0 Å². The van der Waals surface area contributed by atoms with Crippen LogP contribution in [0.2, 0.25) is 0 Å². The number of morpholine rings is 1. The first-order valence-corrected chi connectivity index (χ1v) is 12.7. The molecule has 0 bridgehead atoms. The Bertz CT molecular complexity index is 1650. The highest BCUT2D eigenvalue weighted by atomic mass is 32.1. The Balaban J connectivity index is 1.40. The van der Waals surface area contributed by atoms with Crippen molar-refractivity contribution >= 4 is 55.0 Å². The van der Waals surface area contributed by atoms with Crippen molar-refractivity contribution in [3.63, 3.8) is 0 Å². The predicted molar refractivity (Wildman–Crippen MR) is 142 cm³/mol. The van der Waals surface area contributed by atoms with Crippen LogP contribution in [-0.2, 0) is 4.74 Å². The zero-order valence-corrected chi connectivity index (χ0v) is 20.5. The number of aromatic nitrogens is 4. The summed E-state index contributed by atoms with van der Waals surface area (Å²) in [6.07, 6.45) is 0. The number of aryl methyl sites for hydroxylation is 1. The fraction of sp³-hybridized carbons (Fsp3) is 0.280. The number of hydrogen-bond acceptors (Lipinski definition) is 8. The number of H-pyrrole nitrogens is 1. The summed E-state index contributed by atoms with van der Waals surface area (Å²) in [5.74, 6) is 1.11. The number of para-hydroxylation sites is 1. The van der Waals surface area contributed by atoms with Gasteiger partial charge in [-0.15, -0.1) is 11.3 Å². The molecular formula is C25H25N7O3S. The number of hydrogen-bond donors (Lipinski definition) is 3. The van der Waals surface area contributed by atoms with E-state index in [2.05, 4.69) is 25.7 Å². The van der Waals surface area contributed by atoms with Crippen molar-refractivity contribution in [1.82, 2.24) is 24.9 Å². The third-order valence-electron chi connectivity index (χ3n) is 6.26. The van der Waals surface area contributed by atoms with Gasteiger partial charge in [-0.1, -0.05) is 12.1 Å². The summed E-state index contributed by atoms with van der Waals surface area (Å²) < 4.78 is 8.40. The first-order chi connectivity index (χ1) is 17.6. The topological polar surface area (TPSA) is 117 Å². The number of rotatable bonds is 6. The van der Waals surface area contributed by atoms with E-state index in [4.69, 9.17) is 9.72 Å². The molecule has 0 atom stereocenters. The molecule has 1 aliphatic rings. The van der Waals surface area contributed by atoms with E-state index in [0.29, 0.717) is 48.0 Å². The Morgan fingerprint density at radius 1 is 1.17 bits per heavy atom. The Morgan fingerprint density at radius 3 is 2.81 bits per heavy atom. The van der Waals surface area contributed by atoms with E-state index in [0.717, 1.165) is 34.8 Å². The molecule has 36 heavy (non-hydrogen) atoms. The van der Waals surface area contributed by atoms with Crippen LogP contribution in [0.1, 0.15) is 16.1 Å². The third-order valence-corrected chi connectivity index (χ3v) is 7.40. The van der Waals surface area contributed by atoms with Gasteiger partial charge in [0, 0.05) is 37.9 Å². The number of fused-ring (bicyclic) bond motifs is 5. The second-order valence-electron chi connectivity index (χ2n) is 8.67. The number of carbonyl (C=O) groups excluding carboxylic acids is 1. The van der Waals surface area contributed by atoms with E-state index >= 15 is 0 Å². The van der Waals surface area contributed by atoms with Gasteiger partial charge < -0.3 is 20.3 Å². The summed E-state index contributed by atoms with van der Waals surface area (Å²) in [7, 11) is 0. The summed E-state index contributed by atoms with van der Waals surface area (Å²) in [6, 6.07) is 13.4. The van der Waals surface area contributed by atoms with Gasteiger partial charge in [0.05, 0.1) is 28.8 Å². The van der Waals surface area contributed by atoms with E-state index in [1.807, 2.05) is 47.7 Å². The van der Waals surface area contributed by atoms with E-state index in [1.165, 1.54) is 11.3 Å². The molecule has 1 aromatic carbocycles. The molecule has 0 saturated carbocycles. The highest BCUT2D eigenvalue weighted by Crippen LogP contribution is 2.31.